The monoisotopic (exact) mass is 219 g/mol. The van der Waals surface area contributed by atoms with E-state index in [9.17, 15) is 4.79 Å². The van der Waals surface area contributed by atoms with E-state index in [1.807, 2.05) is 36.4 Å². The van der Waals surface area contributed by atoms with E-state index in [1.54, 1.807) is 6.07 Å². The van der Waals surface area contributed by atoms with Gasteiger partial charge in [-0.1, -0.05) is 41.9 Å². The van der Waals surface area contributed by atoms with Crippen LogP contribution >= 0.6 is 11.6 Å². The Morgan fingerprint density at radius 3 is 2.47 bits per heavy atom. The van der Waals surface area contributed by atoms with E-state index in [1.165, 1.54) is 0 Å². The van der Waals surface area contributed by atoms with Crippen molar-refractivity contribution in [2.24, 2.45) is 0 Å². The lowest BCUT2D eigenvalue weighted by Gasteiger charge is -2.01. The summed E-state index contributed by atoms with van der Waals surface area (Å²) in [5, 5.41) is 0.229. The first-order valence-corrected chi connectivity index (χ1v) is 5.05. The van der Waals surface area contributed by atoms with Crippen molar-refractivity contribution >= 4 is 11.6 Å². The molecular weight excluding hydrogens is 210 g/mol. The highest BCUT2D eigenvalue weighted by Crippen LogP contribution is 2.07. The Morgan fingerprint density at radius 2 is 1.80 bits per heavy atom. The maximum absolute atomic E-state index is 11.2. The summed E-state index contributed by atoms with van der Waals surface area (Å²) in [4.78, 5) is 14.0. The van der Waals surface area contributed by atoms with Crippen molar-refractivity contribution < 1.29 is 0 Å². The third kappa shape index (κ3) is 2.48. The molecule has 0 saturated carbocycles. The number of benzene rings is 1. The second kappa shape index (κ2) is 4.32. The lowest BCUT2D eigenvalue weighted by Crippen LogP contribution is -2.08. The number of aromatic amines is 1. The Morgan fingerprint density at radius 1 is 1.07 bits per heavy atom. The van der Waals surface area contributed by atoms with Crippen LogP contribution in [0.25, 0.3) is 0 Å². The summed E-state index contributed by atoms with van der Waals surface area (Å²) in [5.74, 6) is 0. The molecule has 76 valence electrons. The smallest absolute Gasteiger partial charge is 0.266 e. The molecule has 0 amide bonds. The second-order valence-corrected chi connectivity index (χ2v) is 3.73. The summed E-state index contributed by atoms with van der Waals surface area (Å²) >= 11 is 5.64. The van der Waals surface area contributed by atoms with Crippen LogP contribution in [0.15, 0.2) is 47.3 Å². The van der Waals surface area contributed by atoms with Crippen molar-refractivity contribution in [2.45, 2.75) is 6.42 Å². The second-order valence-electron chi connectivity index (χ2n) is 3.32. The Bertz CT molecular complexity index is 505. The van der Waals surface area contributed by atoms with Gasteiger partial charge in [0.05, 0.1) is 0 Å². The molecule has 1 aromatic carbocycles. The van der Waals surface area contributed by atoms with Gasteiger partial charge in [0.25, 0.3) is 5.56 Å². The highest BCUT2D eigenvalue weighted by Gasteiger charge is 1.99. The first-order chi connectivity index (χ1) is 7.25. The highest BCUT2D eigenvalue weighted by atomic mass is 35.5. The van der Waals surface area contributed by atoms with Crippen LogP contribution in [0, 0.1) is 0 Å². The molecule has 15 heavy (non-hydrogen) atoms. The molecule has 0 bridgehead atoms. The van der Waals surface area contributed by atoms with Gasteiger partial charge in [-0.3, -0.25) is 4.79 Å². The molecule has 1 aromatic heterocycles. The minimum atomic E-state index is -0.231. The molecule has 0 unspecified atom stereocenters. The average Bonchev–Trinajstić information content (AvgIpc) is 2.25. The first-order valence-electron chi connectivity index (χ1n) is 4.67. The number of rotatable bonds is 2. The number of hydrogen-bond donors (Lipinski definition) is 1. The molecular formula is C12H10ClNO. The Hall–Kier alpha value is -1.54. The van der Waals surface area contributed by atoms with Crippen LogP contribution in [-0.2, 0) is 6.42 Å². The number of H-pyrrole nitrogens is 1. The molecule has 0 atom stereocenters. The van der Waals surface area contributed by atoms with Gasteiger partial charge in [0.15, 0.2) is 0 Å². The average molecular weight is 220 g/mol. The fraction of sp³-hybridized carbons (Fsp3) is 0.0833. The molecule has 0 aliphatic heterocycles. The quantitative estimate of drug-likeness (QED) is 0.828. The van der Waals surface area contributed by atoms with E-state index in [2.05, 4.69) is 4.98 Å². The van der Waals surface area contributed by atoms with Crippen LogP contribution in [0.5, 0.6) is 0 Å². The van der Waals surface area contributed by atoms with Crippen molar-refractivity contribution in [1.82, 2.24) is 4.98 Å². The van der Waals surface area contributed by atoms with Gasteiger partial charge in [0.1, 0.15) is 5.02 Å². The Balaban J connectivity index is 2.26. The molecule has 2 nitrogen and oxygen atoms in total. The lowest BCUT2D eigenvalue weighted by molar-refractivity contribution is 1.05. The molecule has 2 rings (SSSR count). The maximum atomic E-state index is 11.2. The third-order valence-electron chi connectivity index (χ3n) is 2.16. The summed E-state index contributed by atoms with van der Waals surface area (Å²) < 4.78 is 0. The first kappa shape index (κ1) is 9.99. The van der Waals surface area contributed by atoms with Crippen molar-refractivity contribution in [1.29, 1.82) is 0 Å². The van der Waals surface area contributed by atoms with Crippen molar-refractivity contribution in [3.8, 4) is 0 Å². The van der Waals surface area contributed by atoms with Gasteiger partial charge in [0.2, 0.25) is 0 Å². The lowest BCUT2D eigenvalue weighted by atomic mass is 10.1. The molecule has 2 aromatic rings. The maximum Gasteiger partial charge on any atom is 0.266 e. The van der Waals surface area contributed by atoms with Crippen LogP contribution in [-0.4, -0.2) is 4.98 Å². The van der Waals surface area contributed by atoms with Crippen molar-refractivity contribution in [2.75, 3.05) is 0 Å². The fourth-order valence-corrected chi connectivity index (χ4v) is 1.53. The zero-order chi connectivity index (χ0) is 10.7. The van der Waals surface area contributed by atoms with Crippen LogP contribution in [0.2, 0.25) is 5.02 Å². The van der Waals surface area contributed by atoms with Gasteiger partial charge >= 0.3 is 0 Å². The summed E-state index contributed by atoms with van der Waals surface area (Å²) in [7, 11) is 0. The zero-order valence-corrected chi connectivity index (χ0v) is 8.79. The number of halogens is 1. The molecule has 1 heterocycles. The van der Waals surface area contributed by atoms with Crippen LogP contribution in [0.4, 0.5) is 0 Å². The van der Waals surface area contributed by atoms with Gasteiger partial charge in [-0.15, -0.1) is 0 Å². The zero-order valence-electron chi connectivity index (χ0n) is 8.03. The normalized spacial score (nSPS) is 10.2. The fourth-order valence-electron chi connectivity index (χ4n) is 1.42. The van der Waals surface area contributed by atoms with E-state index in [0.717, 1.165) is 11.3 Å². The predicted octanol–water partition coefficient (Wildman–Crippen LogP) is 2.62. The van der Waals surface area contributed by atoms with Crippen LogP contribution in [0.1, 0.15) is 11.3 Å². The van der Waals surface area contributed by atoms with E-state index in [4.69, 9.17) is 11.6 Å². The summed E-state index contributed by atoms with van der Waals surface area (Å²) in [6.07, 6.45) is 0.716. The number of nitrogens with one attached hydrogen (secondary N) is 1. The van der Waals surface area contributed by atoms with Crippen LogP contribution < -0.4 is 5.56 Å². The van der Waals surface area contributed by atoms with E-state index >= 15 is 0 Å². The van der Waals surface area contributed by atoms with Gasteiger partial charge in [-0.25, -0.2) is 0 Å². The van der Waals surface area contributed by atoms with Crippen molar-refractivity contribution in [3.63, 3.8) is 0 Å². The molecule has 1 N–H and O–H groups in total. The van der Waals surface area contributed by atoms with E-state index in [0.29, 0.717) is 6.42 Å². The summed E-state index contributed by atoms with van der Waals surface area (Å²) in [5.41, 5.74) is 1.80. The number of pyridine rings is 1. The summed E-state index contributed by atoms with van der Waals surface area (Å²) in [6.45, 7) is 0. The topological polar surface area (TPSA) is 32.9 Å². The molecule has 3 heteroatoms. The molecule has 0 aliphatic carbocycles. The van der Waals surface area contributed by atoms with Gasteiger partial charge in [-0.05, 0) is 17.7 Å². The molecule has 0 fully saturated rings. The largest absolute Gasteiger partial charge is 0.325 e. The SMILES string of the molecule is O=c1[nH]c(Cc2ccccc2)ccc1Cl. The highest BCUT2D eigenvalue weighted by molar-refractivity contribution is 6.30. The number of aromatic nitrogens is 1. The number of hydrogen-bond acceptors (Lipinski definition) is 1. The van der Waals surface area contributed by atoms with Gasteiger partial charge < -0.3 is 4.98 Å². The minimum absolute atomic E-state index is 0.229. The van der Waals surface area contributed by atoms with E-state index < -0.39 is 0 Å². The van der Waals surface area contributed by atoms with E-state index in [-0.39, 0.29) is 10.6 Å². The Kier molecular flexibility index (Phi) is 2.88. The van der Waals surface area contributed by atoms with Crippen LogP contribution in [0.3, 0.4) is 0 Å². The predicted molar refractivity (Wildman–Crippen MR) is 61.3 cm³/mol. The Labute approximate surface area is 92.5 Å². The van der Waals surface area contributed by atoms with Gasteiger partial charge in [-0.2, -0.15) is 0 Å². The van der Waals surface area contributed by atoms with Crippen molar-refractivity contribution in [3.05, 3.63) is 69.1 Å². The molecule has 0 aliphatic rings. The standard InChI is InChI=1S/C12H10ClNO/c13-11-7-6-10(14-12(11)15)8-9-4-2-1-3-5-9/h1-7H,8H2,(H,14,15). The molecule has 0 spiro atoms. The minimum Gasteiger partial charge on any atom is -0.325 e. The van der Waals surface area contributed by atoms with Gasteiger partial charge in [0, 0.05) is 12.1 Å². The third-order valence-corrected chi connectivity index (χ3v) is 2.46. The molecule has 0 saturated heterocycles. The molecule has 0 radical (unpaired) electrons. The summed E-state index contributed by atoms with van der Waals surface area (Å²) in [6, 6.07) is 13.4.